The van der Waals surface area contributed by atoms with Crippen molar-refractivity contribution >= 4 is 11.5 Å². The molecule has 0 N–H and O–H groups in total. The first kappa shape index (κ1) is 25.9. The van der Waals surface area contributed by atoms with Gasteiger partial charge in [0.05, 0.1) is 5.56 Å². The molecule has 180 valence electrons. The van der Waals surface area contributed by atoms with Gasteiger partial charge in [-0.15, -0.1) is 0 Å². The molecular formula is C17H5F12N2O2-. The van der Waals surface area contributed by atoms with E-state index in [-0.39, 0.29) is 24.3 Å². The van der Waals surface area contributed by atoms with Crippen LogP contribution in [0.3, 0.4) is 0 Å². The van der Waals surface area contributed by atoms with Crippen molar-refractivity contribution in [1.29, 1.82) is 0 Å². The molecule has 0 aliphatic heterocycles. The summed E-state index contributed by atoms with van der Waals surface area (Å²) in [5.74, 6) is -3.82. The number of ketones is 1. The van der Waals surface area contributed by atoms with Crippen LogP contribution in [0, 0.1) is 0 Å². The molecule has 33 heavy (non-hydrogen) atoms. The topological polar surface area (TPSA) is 65.9 Å². The van der Waals surface area contributed by atoms with Crippen molar-refractivity contribution in [2.45, 2.75) is 24.7 Å². The standard InChI is InChI=1S/C17H6F12N2O2/c18-14(19,20)7-3-8(30-13(4-7)17(27,28)29)10(33)5-9(32)6-1-11(15(21,22)23)31-12(2-6)16(24,25)26/h1-5,32H/p-1/b9-5-. The Labute approximate surface area is 174 Å². The molecule has 0 atom stereocenters. The average molecular weight is 497 g/mol. The lowest BCUT2D eigenvalue weighted by atomic mass is 10.1. The molecule has 0 aliphatic carbocycles. The number of carbonyl (C=O) groups excluding carboxylic acids is 1. The number of carbonyl (C=O) groups is 1. The van der Waals surface area contributed by atoms with Gasteiger partial charge in [-0.25, -0.2) is 9.97 Å². The molecule has 2 heterocycles. The van der Waals surface area contributed by atoms with Gasteiger partial charge < -0.3 is 5.11 Å². The molecule has 0 saturated heterocycles. The summed E-state index contributed by atoms with van der Waals surface area (Å²) in [6, 6.07) is -0.965. The normalized spacial score (nSPS) is 13.9. The second-order valence-corrected chi connectivity index (χ2v) is 6.12. The quantitative estimate of drug-likeness (QED) is 0.255. The molecule has 0 unspecified atom stereocenters. The van der Waals surface area contributed by atoms with Crippen molar-refractivity contribution < 1.29 is 62.6 Å². The fourth-order valence-corrected chi connectivity index (χ4v) is 2.21. The average Bonchev–Trinajstić information content (AvgIpc) is 2.64. The van der Waals surface area contributed by atoms with Crippen molar-refractivity contribution in [3.8, 4) is 0 Å². The van der Waals surface area contributed by atoms with E-state index in [0.29, 0.717) is 0 Å². The van der Waals surface area contributed by atoms with E-state index in [0.717, 1.165) is 0 Å². The van der Waals surface area contributed by atoms with Crippen molar-refractivity contribution in [2.75, 3.05) is 0 Å². The minimum Gasteiger partial charge on any atom is -0.872 e. The van der Waals surface area contributed by atoms with Crippen molar-refractivity contribution in [3.05, 3.63) is 64.2 Å². The Morgan fingerprint density at radius 2 is 1.09 bits per heavy atom. The van der Waals surface area contributed by atoms with E-state index < -0.39 is 76.2 Å². The number of nitrogens with zero attached hydrogens (tertiary/aromatic N) is 2. The predicted octanol–water partition coefficient (Wildman–Crippen LogP) is 5.14. The number of aromatic nitrogens is 2. The van der Waals surface area contributed by atoms with Crippen LogP contribution in [0.15, 0.2) is 30.3 Å². The maximum atomic E-state index is 12.8. The number of rotatable bonds is 3. The Bertz CT molecular complexity index is 1030. The van der Waals surface area contributed by atoms with Gasteiger partial charge in [0.15, 0.2) is 0 Å². The summed E-state index contributed by atoms with van der Waals surface area (Å²) < 4.78 is 154. The van der Waals surface area contributed by atoms with Gasteiger partial charge in [-0.2, -0.15) is 52.7 Å². The molecule has 2 rings (SSSR count). The molecule has 0 spiro atoms. The lowest BCUT2D eigenvalue weighted by Gasteiger charge is -2.17. The van der Waals surface area contributed by atoms with Crippen molar-refractivity contribution in [3.63, 3.8) is 0 Å². The van der Waals surface area contributed by atoms with E-state index in [1.54, 1.807) is 0 Å². The molecular weight excluding hydrogens is 492 g/mol. The largest absolute Gasteiger partial charge is 0.872 e. The van der Waals surface area contributed by atoms with Crippen LogP contribution in [0.1, 0.15) is 38.7 Å². The molecule has 0 saturated carbocycles. The van der Waals surface area contributed by atoms with E-state index in [4.69, 9.17) is 0 Å². The maximum Gasteiger partial charge on any atom is 0.433 e. The summed E-state index contributed by atoms with van der Waals surface area (Å²) in [5, 5.41) is 12.0. The van der Waals surface area contributed by atoms with Crippen molar-refractivity contribution in [1.82, 2.24) is 9.97 Å². The lowest BCUT2D eigenvalue weighted by molar-refractivity contribution is -0.243. The highest BCUT2D eigenvalue weighted by Gasteiger charge is 2.40. The summed E-state index contributed by atoms with van der Waals surface area (Å²) in [6.07, 6.45) is -22.1. The van der Waals surface area contributed by atoms with Gasteiger partial charge >= 0.3 is 24.7 Å². The van der Waals surface area contributed by atoms with E-state index in [2.05, 4.69) is 9.97 Å². The second-order valence-electron chi connectivity index (χ2n) is 6.12. The Morgan fingerprint density at radius 3 is 1.48 bits per heavy atom. The SMILES string of the molecule is O=C(/C=C(\[O-])c1cc(C(F)(F)F)nc(C(F)(F)F)c1)c1cc(C(F)(F)F)cc(C(F)(F)F)n1. The Kier molecular flexibility index (Phi) is 6.46. The summed E-state index contributed by atoms with van der Waals surface area (Å²) in [6.45, 7) is 0. The zero-order chi connectivity index (χ0) is 25.6. The first-order valence-corrected chi connectivity index (χ1v) is 7.96. The van der Waals surface area contributed by atoms with Gasteiger partial charge in [-0.3, -0.25) is 4.79 Å². The molecule has 0 radical (unpaired) electrons. The van der Waals surface area contributed by atoms with Crippen LogP contribution in [-0.4, -0.2) is 15.8 Å². The van der Waals surface area contributed by atoms with E-state index >= 15 is 0 Å². The zero-order valence-electron chi connectivity index (χ0n) is 15.1. The van der Waals surface area contributed by atoms with Gasteiger partial charge in [-0.05, 0) is 35.9 Å². The molecule has 0 bridgehead atoms. The molecule has 0 aliphatic rings. The number of hydrogen-bond acceptors (Lipinski definition) is 4. The van der Waals surface area contributed by atoms with Gasteiger partial charge in [0.25, 0.3) is 0 Å². The maximum absolute atomic E-state index is 12.8. The monoisotopic (exact) mass is 497 g/mol. The smallest absolute Gasteiger partial charge is 0.433 e. The fourth-order valence-electron chi connectivity index (χ4n) is 2.21. The highest BCUT2D eigenvalue weighted by molar-refractivity contribution is 6.06. The van der Waals surface area contributed by atoms with Crippen LogP contribution < -0.4 is 5.11 Å². The number of allylic oxidation sites excluding steroid dienone is 1. The minimum atomic E-state index is -5.47. The number of alkyl halides is 12. The van der Waals surface area contributed by atoms with Crippen LogP contribution in [0.2, 0.25) is 0 Å². The van der Waals surface area contributed by atoms with E-state index in [1.807, 2.05) is 0 Å². The van der Waals surface area contributed by atoms with Crippen LogP contribution >= 0.6 is 0 Å². The van der Waals surface area contributed by atoms with Gasteiger partial charge in [0, 0.05) is 0 Å². The Hall–Kier alpha value is -3.33. The van der Waals surface area contributed by atoms with E-state index in [1.165, 1.54) is 0 Å². The highest BCUT2D eigenvalue weighted by Crippen LogP contribution is 2.36. The van der Waals surface area contributed by atoms with Crippen LogP contribution in [0.25, 0.3) is 5.76 Å². The fraction of sp³-hybridized carbons (Fsp3) is 0.235. The Balaban J connectivity index is 2.62. The lowest BCUT2D eigenvalue weighted by Crippen LogP contribution is -2.18. The first-order chi connectivity index (χ1) is 14.7. The van der Waals surface area contributed by atoms with Crippen LogP contribution in [0.4, 0.5) is 52.7 Å². The zero-order valence-corrected chi connectivity index (χ0v) is 15.1. The molecule has 0 aromatic carbocycles. The van der Waals surface area contributed by atoms with Gasteiger partial charge in [0.2, 0.25) is 5.78 Å². The third-order valence-corrected chi connectivity index (χ3v) is 3.65. The van der Waals surface area contributed by atoms with Gasteiger partial charge in [0.1, 0.15) is 22.8 Å². The van der Waals surface area contributed by atoms with Crippen LogP contribution in [0.5, 0.6) is 0 Å². The molecule has 4 nitrogen and oxygen atoms in total. The molecule has 0 amide bonds. The molecule has 2 aromatic rings. The van der Waals surface area contributed by atoms with Gasteiger partial charge in [-0.1, -0.05) is 5.76 Å². The summed E-state index contributed by atoms with van der Waals surface area (Å²) >= 11 is 0. The summed E-state index contributed by atoms with van der Waals surface area (Å²) in [4.78, 5) is 17.0. The summed E-state index contributed by atoms with van der Waals surface area (Å²) in [5.41, 5.74) is -11.5. The summed E-state index contributed by atoms with van der Waals surface area (Å²) in [7, 11) is 0. The van der Waals surface area contributed by atoms with Crippen molar-refractivity contribution in [2.24, 2.45) is 0 Å². The second kappa shape index (κ2) is 8.22. The third kappa shape index (κ3) is 6.35. The minimum absolute atomic E-state index is 0.170. The predicted molar refractivity (Wildman–Crippen MR) is 80.8 cm³/mol. The molecule has 16 heteroatoms. The third-order valence-electron chi connectivity index (χ3n) is 3.65. The molecule has 2 aromatic heterocycles. The van der Waals surface area contributed by atoms with E-state index in [9.17, 15) is 62.6 Å². The number of hydrogen-bond donors (Lipinski definition) is 0. The Morgan fingerprint density at radius 1 is 0.667 bits per heavy atom. The van der Waals surface area contributed by atoms with Crippen LogP contribution in [-0.2, 0) is 24.7 Å². The number of halogens is 12. The number of pyridine rings is 2. The molecule has 0 fully saturated rings. The highest BCUT2D eigenvalue weighted by atomic mass is 19.4. The first-order valence-electron chi connectivity index (χ1n) is 7.96.